The van der Waals surface area contributed by atoms with Crippen LogP contribution in [0.15, 0.2) is 108 Å². The molecule has 6 aromatic rings. The highest BCUT2D eigenvalue weighted by atomic mass is 16.7. The summed E-state index contributed by atoms with van der Waals surface area (Å²) in [4.78, 5) is 46.1. The summed E-state index contributed by atoms with van der Waals surface area (Å²) < 4.78 is 2.17. The van der Waals surface area contributed by atoms with Gasteiger partial charge < -0.3 is 9.40 Å². The highest BCUT2D eigenvalue weighted by Gasteiger charge is 2.24. The topological polar surface area (TPSA) is 77.7 Å². The van der Waals surface area contributed by atoms with E-state index in [1.54, 1.807) is 36.4 Å². The Kier molecular flexibility index (Phi) is 8.20. The maximum Gasteiger partial charge on any atom is 0.365 e. The molecule has 0 bridgehead atoms. The summed E-state index contributed by atoms with van der Waals surface area (Å²) in [5.41, 5.74) is 8.23. The molecule has 1 aromatic heterocycles. The molecular weight excluding hydrogens is 572 g/mol. The maximum atomic E-state index is 14.4. The van der Waals surface area contributed by atoms with E-state index in [1.807, 2.05) is 94.4 Å². The van der Waals surface area contributed by atoms with Crippen molar-refractivity contribution in [1.29, 1.82) is 0 Å². The van der Waals surface area contributed by atoms with Crippen LogP contribution in [0.5, 0.6) is 0 Å². The lowest BCUT2D eigenvalue weighted by Gasteiger charge is -2.13. The zero-order valence-corrected chi connectivity index (χ0v) is 26.5. The van der Waals surface area contributed by atoms with Gasteiger partial charge in [-0.25, -0.2) is 4.79 Å². The molecule has 6 heteroatoms. The predicted octanol–water partition coefficient (Wildman–Crippen LogP) is 8.72. The van der Waals surface area contributed by atoms with Gasteiger partial charge in [-0.1, -0.05) is 65.3 Å². The lowest BCUT2D eigenvalue weighted by Crippen LogP contribution is -2.20. The Balaban J connectivity index is 1.48. The molecule has 6 rings (SSSR count). The Hall–Kier alpha value is -5.62. The van der Waals surface area contributed by atoms with Crippen molar-refractivity contribution in [3.8, 4) is 0 Å². The van der Waals surface area contributed by atoms with Crippen LogP contribution in [0.1, 0.15) is 71.4 Å². The minimum Gasteiger partial charge on any atom is -0.341 e. The molecule has 1 heterocycles. The average molecular weight is 607 g/mol. The Morgan fingerprint density at radius 3 is 1.87 bits per heavy atom. The predicted molar refractivity (Wildman–Crippen MR) is 183 cm³/mol. The van der Waals surface area contributed by atoms with Crippen molar-refractivity contribution in [3.63, 3.8) is 0 Å². The summed E-state index contributed by atoms with van der Waals surface area (Å²) in [5, 5.41) is 5.93. The summed E-state index contributed by atoms with van der Waals surface area (Å²) in [5.74, 6) is -1.08. The summed E-state index contributed by atoms with van der Waals surface area (Å²) in [6.45, 7) is 10.5. The number of carbonyl (C=O) groups excluding carboxylic acids is 3. The van der Waals surface area contributed by atoms with Gasteiger partial charge in [0.05, 0.1) is 5.56 Å². The Morgan fingerprint density at radius 2 is 1.24 bits per heavy atom. The van der Waals surface area contributed by atoms with E-state index in [0.717, 1.165) is 44.1 Å². The molecule has 46 heavy (non-hydrogen) atoms. The summed E-state index contributed by atoms with van der Waals surface area (Å²) in [7, 11) is 0. The highest BCUT2D eigenvalue weighted by molar-refractivity contribution is 6.52. The van der Waals surface area contributed by atoms with Crippen LogP contribution < -0.4 is 0 Å². The molecule has 0 saturated heterocycles. The van der Waals surface area contributed by atoms with Crippen LogP contribution in [0.3, 0.4) is 0 Å². The molecule has 0 unspecified atom stereocenters. The van der Waals surface area contributed by atoms with Gasteiger partial charge >= 0.3 is 5.97 Å². The standard InChI is InChI=1S/C40H34N2O4/c1-6-42-34-18-16-29(38(43)31-15-11-10-12-25(31)3)22-32(34)33-23-30(17-19-35(33)42)39(44)37(36-26(4)20-24(2)21-27(36)5)41-46-40(45)28-13-8-7-9-14-28/h7-23H,6H2,1-5H3/b41-37+. The highest BCUT2D eigenvalue weighted by Crippen LogP contribution is 2.32. The van der Waals surface area contributed by atoms with Gasteiger partial charge in [-0.05, 0) is 99.8 Å². The van der Waals surface area contributed by atoms with Crippen LogP contribution in [0.2, 0.25) is 0 Å². The van der Waals surface area contributed by atoms with Gasteiger partial charge in [0.15, 0.2) is 11.5 Å². The smallest absolute Gasteiger partial charge is 0.341 e. The van der Waals surface area contributed by atoms with Gasteiger partial charge in [0, 0.05) is 50.6 Å². The number of fused-ring (bicyclic) bond motifs is 3. The van der Waals surface area contributed by atoms with Gasteiger partial charge in [0.2, 0.25) is 5.78 Å². The fraction of sp³-hybridized carbons (Fsp3) is 0.150. The molecule has 0 atom stereocenters. The number of rotatable bonds is 8. The number of Topliss-reactive ketones (excluding diaryl/α,β-unsaturated/α-hetero) is 1. The summed E-state index contributed by atoms with van der Waals surface area (Å²) >= 11 is 0. The molecule has 0 amide bonds. The van der Waals surface area contributed by atoms with Gasteiger partial charge in [0.1, 0.15) is 0 Å². The second-order valence-corrected chi connectivity index (χ2v) is 11.6. The molecule has 0 spiro atoms. The minimum absolute atomic E-state index is 0.0493. The molecular formula is C40H34N2O4. The van der Waals surface area contributed by atoms with Crippen LogP contribution in [0.25, 0.3) is 21.8 Å². The van der Waals surface area contributed by atoms with E-state index in [4.69, 9.17) is 4.84 Å². The first-order chi connectivity index (χ1) is 22.2. The Labute approximate surface area is 267 Å². The van der Waals surface area contributed by atoms with E-state index in [2.05, 4.69) is 16.6 Å². The summed E-state index contributed by atoms with van der Waals surface area (Å²) in [6.07, 6.45) is 0. The monoisotopic (exact) mass is 606 g/mol. The van der Waals surface area contributed by atoms with Crippen LogP contribution in [0, 0.1) is 27.7 Å². The first-order valence-electron chi connectivity index (χ1n) is 15.3. The second kappa shape index (κ2) is 12.4. The molecule has 0 aliphatic rings. The van der Waals surface area contributed by atoms with E-state index >= 15 is 0 Å². The van der Waals surface area contributed by atoms with Crippen molar-refractivity contribution in [3.05, 3.63) is 153 Å². The van der Waals surface area contributed by atoms with E-state index in [1.165, 1.54) is 0 Å². The normalized spacial score (nSPS) is 11.6. The molecule has 228 valence electrons. The van der Waals surface area contributed by atoms with Crippen LogP contribution >= 0.6 is 0 Å². The van der Waals surface area contributed by atoms with Crippen molar-refractivity contribution in [2.75, 3.05) is 0 Å². The van der Waals surface area contributed by atoms with E-state index < -0.39 is 5.97 Å². The van der Waals surface area contributed by atoms with Crippen LogP contribution in [-0.2, 0) is 11.4 Å². The third-order valence-corrected chi connectivity index (χ3v) is 8.45. The number of aromatic nitrogens is 1. The number of benzene rings is 5. The molecule has 6 nitrogen and oxygen atoms in total. The first-order valence-corrected chi connectivity index (χ1v) is 15.3. The van der Waals surface area contributed by atoms with Crippen molar-refractivity contribution < 1.29 is 19.2 Å². The largest absolute Gasteiger partial charge is 0.365 e. The fourth-order valence-electron chi connectivity index (χ4n) is 6.32. The third-order valence-electron chi connectivity index (χ3n) is 8.45. The Bertz CT molecular complexity index is 2180. The maximum absolute atomic E-state index is 14.4. The number of aryl methyl sites for hydroxylation is 5. The summed E-state index contributed by atoms with van der Waals surface area (Å²) in [6, 6.07) is 31.4. The van der Waals surface area contributed by atoms with E-state index in [0.29, 0.717) is 34.4 Å². The molecule has 0 fully saturated rings. The number of nitrogens with zero attached hydrogens (tertiary/aromatic N) is 2. The first kappa shape index (κ1) is 30.4. The van der Waals surface area contributed by atoms with Gasteiger partial charge in [-0.2, -0.15) is 0 Å². The number of hydrogen-bond donors (Lipinski definition) is 0. The number of oxime groups is 1. The average Bonchev–Trinajstić information content (AvgIpc) is 3.37. The number of hydrogen-bond acceptors (Lipinski definition) is 5. The molecule has 0 radical (unpaired) electrons. The van der Waals surface area contributed by atoms with Crippen molar-refractivity contribution in [2.45, 2.75) is 41.2 Å². The van der Waals surface area contributed by atoms with Crippen LogP contribution in [0.4, 0.5) is 0 Å². The SMILES string of the molecule is CCn1c2ccc(C(=O)/C(=N/OC(=O)c3ccccc3)c3c(C)cc(C)cc3C)cc2c2cc(C(=O)c3ccccc3C)ccc21. The zero-order valence-electron chi connectivity index (χ0n) is 26.5. The van der Waals surface area contributed by atoms with Crippen molar-refractivity contribution in [2.24, 2.45) is 5.16 Å². The Morgan fingerprint density at radius 1 is 0.652 bits per heavy atom. The fourth-order valence-corrected chi connectivity index (χ4v) is 6.32. The third kappa shape index (κ3) is 5.54. The quantitative estimate of drug-likeness (QED) is 0.0751. The van der Waals surface area contributed by atoms with E-state index in [9.17, 15) is 14.4 Å². The van der Waals surface area contributed by atoms with E-state index in [-0.39, 0.29) is 17.3 Å². The van der Waals surface area contributed by atoms with Gasteiger partial charge in [0.25, 0.3) is 0 Å². The molecule has 0 N–H and O–H groups in total. The van der Waals surface area contributed by atoms with Gasteiger partial charge in [-0.15, -0.1) is 0 Å². The minimum atomic E-state index is -0.652. The zero-order chi connectivity index (χ0) is 32.5. The lowest BCUT2D eigenvalue weighted by atomic mass is 9.91. The lowest BCUT2D eigenvalue weighted by molar-refractivity contribution is 0.0516. The molecule has 5 aromatic carbocycles. The molecule has 0 saturated carbocycles. The second-order valence-electron chi connectivity index (χ2n) is 11.6. The van der Waals surface area contributed by atoms with Gasteiger partial charge in [-0.3, -0.25) is 9.59 Å². The van der Waals surface area contributed by atoms with Crippen molar-refractivity contribution in [1.82, 2.24) is 4.57 Å². The number of ketones is 2. The molecule has 0 aliphatic carbocycles. The number of carbonyl (C=O) groups is 3. The van der Waals surface area contributed by atoms with Crippen molar-refractivity contribution >= 4 is 45.1 Å². The van der Waals surface area contributed by atoms with Crippen LogP contribution in [-0.4, -0.2) is 27.8 Å². The molecule has 0 aliphatic heterocycles.